The van der Waals surface area contributed by atoms with Gasteiger partial charge in [-0.15, -0.1) is 0 Å². The highest BCUT2D eigenvalue weighted by atomic mass is 16.5. The lowest BCUT2D eigenvalue weighted by Crippen LogP contribution is -2.52. The molecule has 3 atom stereocenters. The van der Waals surface area contributed by atoms with Gasteiger partial charge in [0.2, 0.25) is 11.8 Å². The second-order valence-electron chi connectivity index (χ2n) is 5.10. The molecule has 2 aromatic heterocycles. The molecule has 14 nitrogen and oxygen atoms in total. The maximum atomic E-state index is 12.0. The molecule has 3 amide bonds. The second-order valence-corrected chi connectivity index (χ2v) is 5.10. The summed E-state index contributed by atoms with van der Waals surface area (Å²) in [5, 5.41) is 29.6. The fourth-order valence-electron chi connectivity index (χ4n) is 1.87. The number of carboxylic acids is 1. The van der Waals surface area contributed by atoms with Gasteiger partial charge in [-0.3, -0.25) is 4.79 Å². The van der Waals surface area contributed by atoms with Crippen LogP contribution in [-0.2, 0) is 9.59 Å². The van der Waals surface area contributed by atoms with Crippen LogP contribution in [0.15, 0.2) is 15.4 Å². The largest absolute Gasteiger partial charge is 0.480 e. The molecule has 0 radical (unpaired) electrons. The molecule has 26 heavy (non-hydrogen) atoms. The molecule has 0 saturated carbocycles. The summed E-state index contributed by atoms with van der Waals surface area (Å²) in [6.45, 7) is 1.19. The molecular weight excluding hydrogens is 354 g/mol. The molecule has 2 rings (SSSR count). The van der Waals surface area contributed by atoms with Gasteiger partial charge in [-0.1, -0.05) is 10.3 Å². The minimum Gasteiger partial charge on any atom is -0.480 e. The maximum Gasteiger partial charge on any atom is 0.328 e. The summed E-state index contributed by atoms with van der Waals surface area (Å²) in [5.41, 5.74) is 5.13. The molecule has 0 aliphatic carbocycles. The molecule has 0 saturated heterocycles. The Kier molecular flexibility index (Phi) is 5.79. The zero-order chi connectivity index (χ0) is 19.3. The van der Waals surface area contributed by atoms with Crippen LogP contribution < -0.4 is 16.4 Å². The lowest BCUT2D eigenvalue weighted by atomic mass is 10.2. The minimum atomic E-state index is -1.57. The van der Waals surface area contributed by atoms with Gasteiger partial charge >= 0.3 is 12.0 Å². The van der Waals surface area contributed by atoms with E-state index in [1.165, 1.54) is 6.92 Å². The standard InChI is InChI=1S/C12H15N7O7/c1-4(20)7(11(22)23)17-12(24)16-5(2-6(13)21)9-18-8(19-26-9)10-14-3-15-25-10/h3-5,7,20H,2H2,1H3,(H2,13,21)(H,22,23)(H2,16,17,24)/t4?,5-,7?/m0/s1. The van der Waals surface area contributed by atoms with Crippen LogP contribution >= 0.6 is 0 Å². The van der Waals surface area contributed by atoms with Crippen LogP contribution in [0.5, 0.6) is 0 Å². The first-order valence-electron chi connectivity index (χ1n) is 7.14. The van der Waals surface area contributed by atoms with Crippen LogP contribution in [0.25, 0.3) is 11.7 Å². The highest BCUT2D eigenvalue weighted by Gasteiger charge is 2.29. The number of nitrogens with one attached hydrogen (secondary N) is 2. The van der Waals surface area contributed by atoms with Crippen LogP contribution in [0.4, 0.5) is 4.79 Å². The van der Waals surface area contributed by atoms with Crippen molar-refractivity contribution in [1.82, 2.24) is 30.9 Å². The number of carbonyl (C=O) groups excluding carboxylic acids is 2. The van der Waals surface area contributed by atoms with Crippen LogP contribution in [-0.4, -0.2) is 60.5 Å². The van der Waals surface area contributed by atoms with E-state index < -0.39 is 42.5 Å². The molecule has 0 bridgehead atoms. The monoisotopic (exact) mass is 369 g/mol. The van der Waals surface area contributed by atoms with Gasteiger partial charge in [0, 0.05) is 0 Å². The van der Waals surface area contributed by atoms with E-state index in [1.54, 1.807) is 0 Å². The van der Waals surface area contributed by atoms with Gasteiger partial charge in [0.05, 0.1) is 12.5 Å². The SMILES string of the molecule is CC(O)C(NC(=O)N[C@@H](CC(N)=O)c1nc(-c2ncno2)no1)C(=O)O. The quantitative estimate of drug-likeness (QED) is 0.348. The zero-order valence-electron chi connectivity index (χ0n) is 13.3. The van der Waals surface area contributed by atoms with Crippen molar-refractivity contribution >= 4 is 17.9 Å². The number of hydrogen-bond donors (Lipinski definition) is 5. The molecule has 2 unspecified atom stereocenters. The number of nitrogens with two attached hydrogens (primary N) is 1. The lowest BCUT2D eigenvalue weighted by Gasteiger charge is -2.19. The van der Waals surface area contributed by atoms with Gasteiger partial charge in [0.15, 0.2) is 12.4 Å². The summed E-state index contributed by atoms with van der Waals surface area (Å²) in [6.07, 6.45) is -0.661. The summed E-state index contributed by atoms with van der Waals surface area (Å²) >= 11 is 0. The molecule has 140 valence electrons. The van der Waals surface area contributed by atoms with E-state index in [2.05, 4.69) is 25.6 Å². The van der Waals surface area contributed by atoms with Gasteiger partial charge < -0.3 is 35.6 Å². The Labute approximate surface area is 144 Å². The number of aliphatic hydroxyl groups is 1. The van der Waals surface area contributed by atoms with Crippen LogP contribution in [0, 0.1) is 0 Å². The van der Waals surface area contributed by atoms with Crippen molar-refractivity contribution in [1.29, 1.82) is 0 Å². The van der Waals surface area contributed by atoms with E-state index in [0.29, 0.717) is 0 Å². The number of hydrogen-bond acceptors (Lipinski definition) is 10. The Bertz CT molecular complexity index is 773. The number of rotatable bonds is 8. The molecule has 0 fully saturated rings. The highest BCUT2D eigenvalue weighted by molar-refractivity contribution is 5.83. The average Bonchev–Trinajstić information content (AvgIpc) is 3.21. The molecule has 14 heteroatoms. The fourth-order valence-corrected chi connectivity index (χ4v) is 1.87. The molecular formula is C12H15N7O7. The van der Waals surface area contributed by atoms with Gasteiger partial charge in [0.1, 0.15) is 6.04 Å². The third-order valence-electron chi connectivity index (χ3n) is 3.04. The Morgan fingerprint density at radius 2 is 2.04 bits per heavy atom. The van der Waals surface area contributed by atoms with E-state index in [1.807, 2.05) is 5.32 Å². The van der Waals surface area contributed by atoms with Crippen molar-refractivity contribution in [2.45, 2.75) is 31.5 Å². The number of amides is 3. The first-order chi connectivity index (χ1) is 12.3. The number of primary amides is 1. The normalized spacial score (nSPS) is 14.2. The summed E-state index contributed by atoms with van der Waals surface area (Å²) in [5.74, 6) is -2.57. The van der Waals surface area contributed by atoms with Gasteiger partial charge in [-0.05, 0) is 6.92 Å². The first kappa shape index (κ1) is 18.8. The lowest BCUT2D eigenvalue weighted by molar-refractivity contribution is -0.141. The smallest absolute Gasteiger partial charge is 0.328 e. The van der Waals surface area contributed by atoms with Crippen molar-refractivity contribution in [2.24, 2.45) is 5.73 Å². The molecule has 2 aromatic rings. The number of urea groups is 1. The Balaban J connectivity index is 2.13. The molecule has 0 aliphatic rings. The molecule has 0 aromatic carbocycles. The van der Waals surface area contributed by atoms with Gasteiger partial charge in [-0.2, -0.15) is 9.97 Å². The predicted octanol–water partition coefficient (Wildman–Crippen LogP) is -1.83. The molecule has 6 N–H and O–H groups in total. The van der Waals surface area contributed by atoms with Gasteiger partial charge in [-0.25, -0.2) is 9.59 Å². The molecule has 0 spiro atoms. The Morgan fingerprint density at radius 1 is 1.31 bits per heavy atom. The maximum absolute atomic E-state index is 12.0. The summed E-state index contributed by atoms with van der Waals surface area (Å²) in [4.78, 5) is 41.8. The predicted molar refractivity (Wildman–Crippen MR) is 78.9 cm³/mol. The number of aliphatic hydroxyl groups excluding tert-OH is 1. The first-order valence-corrected chi connectivity index (χ1v) is 7.14. The van der Waals surface area contributed by atoms with E-state index in [4.69, 9.17) is 19.9 Å². The zero-order valence-corrected chi connectivity index (χ0v) is 13.3. The fraction of sp³-hybridized carbons (Fsp3) is 0.417. The number of nitrogens with zero attached hydrogens (tertiary/aromatic N) is 4. The van der Waals surface area contributed by atoms with Gasteiger partial charge in [0.25, 0.3) is 11.7 Å². The second kappa shape index (κ2) is 8.02. The summed E-state index contributed by atoms with van der Waals surface area (Å²) < 4.78 is 9.70. The number of aromatic nitrogens is 4. The van der Waals surface area contributed by atoms with Crippen LogP contribution in [0.2, 0.25) is 0 Å². The van der Waals surface area contributed by atoms with Crippen molar-refractivity contribution in [3.63, 3.8) is 0 Å². The number of carbonyl (C=O) groups is 3. The van der Waals surface area contributed by atoms with Crippen LogP contribution in [0.1, 0.15) is 25.3 Å². The third-order valence-corrected chi connectivity index (χ3v) is 3.04. The van der Waals surface area contributed by atoms with Crippen molar-refractivity contribution in [3.8, 4) is 11.7 Å². The van der Waals surface area contributed by atoms with E-state index >= 15 is 0 Å². The Hall–Kier alpha value is -3.55. The average molecular weight is 369 g/mol. The van der Waals surface area contributed by atoms with E-state index in [-0.39, 0.29) is 17.6 Å². The third kappa shape index (κ3) is 4.73. The summed E-state index contributed by atoms with van der Waals surface area (Å²) in [6, 6.07) is -3.72. The number of carboxylic acid groups (broad SMARTS) is 1. The van der Waals surface area contributed by atoms with Crippen LogP contribution in [0.3, 0.4) is 0 Å². The number of aliphatic carboxylic acids is 1. The van der Waals surface area contributed by atoms with E-state index in [0.717, 1.165) is 6.33 Å². The van der Waals surface area contributed by atoms with E-state index in [9.17, 15) is 19.5 Å². The Morgan fingerprint density at radius 3 is 2.58 bits per heavy atom. The topological polar surface area (TPSA) is 220 Å². The molecule has 0 aliphatic heterocycles. The van der Waals surface area contributed by atoms with Crippen molar-refractivity contribution in [2.75, 3.05) is 0 Å². The minimum absolute atomic E-state index is 0.0534. The van der Waals surface area contributed by atoms with Crippen molar-refractivity contribution in [3.05, 3.63) is 12.2 Å². The van der Waals surface area contributed by atoms with Crippen molar-refractivity contribution < 1.29 is 33.6 Å². The summed E-state index contributed by atoms with van der Waals surface area (Å²) in [7, 11) is 0. The molecule has 2 heterocycles. The highest BCUT2D eigenvalue weighted by Crippen LogP contribution is 2.18.